The first-order chi connectivity index (χ1) is 5.12. The predicted molar refractivity (Wildman–Crippen MR) is 52.5 cm³/mol. The van der Waals surface area contributed by atoms with Gasteiger partial charge in [0.2, 0.25) is 0 Å². The van der Waals surface area contributed by atoms with Gasteiger partial charge >= 0.3 is 0 Å². The molecule has 11 heavy (non-hydrogen) atoms. The zero-order valence-electron chi connectivity index (χ0n) is 7.80. The molecule has 0 heterocycles. The number of allylic oxidation sites excluding steroid dienone is 5. The van der Waals surface area contributed by atoms with Gasteiger partial charge in [-0.2, -0.15) is 0 Å². The second-order valence-corrected chi connectivity index (χ2v) is 3.37. The third-order valence-electron chi connectivity index (χ3n) is 1.52. The molecule has 0 spiro atoms. The van der Waals surface area contributed by atoms with Crippen molar-refractivity contribution in [2.24, 2.45) is 5.41 Å². The van der Waals surface area contributed by atoms with Crippen LogP contribution >= 0.6 is 0 Å². The zero-order valence-corrected chi connectivity index (χ0v) is 7.80. The van der Waals surface area contributed by atoms with E-state index in [1.807, 2.05) is 25.2 Å². The van der Waals surface area contributed by atoms with Crippen molar-refractivity contribution in [2.45, 2.75) is 27.2 Å². The van der Waals surface area contributed by atoms with Gasteiger partial charge in [0.15, 0.2) is 0 Å². The van der Waals surface area contributed by atoms with Gasteiger partial charge in [-0.1, -0.05) is 44.2 Å². The van der Waals surface area contributed by atoms with Crippen molar-refractivity contribution in [3.8, 4) is 0 Å². The van der Waals surface area contributed by atoms with Crippen LogP contribution in [0.15, 0.2) is 37.0 Å². The number of hydrogen-bond acceptors (Lipinski definition) is 0. The summed E-state index contributed by atoms with van der Waals surface area (Å²) in [6, 6.07) is 0. The van der Waals surface area contributed by atoms with E-state index >= 15 is 0 Å². The second kappa shape index (κ2) is 4.95. The number of hydrogen-bond donors (Lipinski definition) is 0. The Morgan fingerprint density at radius 2 is 1.91 bits per heavy atom. The summed E-state index contributed by atoms with van der Waals surface area (Å²) in [5.74, 6) is 0. The van der Waals surface area contributed by atoms with Crippen LogP contribution in [0, 0.1) is 5.41 Å². The predicted octanol–water partition coefficient (Wildman–Crippen LogP) is 3.72. The van der Waals surface area contributed by atoms with Crippen LogP contribution in [0.2, 0.25) is 0 Å². The minimum atomic E-state index is 0.251. The van der Waals surface area contributed by atoms with E-state index in [0.29, 0.717) is 0 Å². The summed E-state index contributed by atoms with van der Waals surface area (Å²) in [5, 5.41) is 0. The van der Waals surface area contributed by atoms with Gasteiger partial charge < -0.3 is 0 Å². The van der Waals surface area contributed by atoms with E-state index in [2.05, 4.69) is 32.6 Å². The van der Waals surface area contributed by atoms with Crippen molar-refractivity contribution in [2.75, 3.05) is 0 Å². The molecule has 0 aromatic rings. The zero-order chi connectivity index (χ0) is 8.74. The Labute approximate surface area is 70.3 Å². The molecule has 0 aliphatic carbocycles. The van der Waals surface area contributed by atoms with Crippen LogP contribution in [0.25, 0.3) is 0 Å². The van der Waals surface area contributed by atoms with E-state index < -0.39 is 0 Å². The highest BCUT2D eigenvalue weighted by atomic mass is 14.1. The SMILES string of the molecule is C=CCC(C)(C)/C=C/C=C/C. The lowest BCUT2D eigenvalue weighted by Gasteiger charge is -2.16. The highest BCUT2D eigenvalue weighted by molar-refractivity contribution is 5.07. The van der Waals surface area contributed by atoms with Crippen molar-refractivity contribution < 1.29 is 0 Å². The third-order valence-corrected chi connectivity index (χ3v) is 1.52. The average molecular weight is 150 g/mol. The molecule has 0 aliphatic rings. The summed E-state index contributed by atoms with van der Waals surface area (Å²) in [4.78, 5) is 0. The van der Waals surface area contributed by atoms with Gasteiger partial charge in [-0.25, -0.2) is 0 Å². The van der Waals surface area contributed by atoms with Gasteiger partial charge in [0.25, 0.3) is 0 Å². The van der Waals surface area contributed by atoms with Gasteiger partial charge in [-0.3, -0.25) is 0 Å². The normalized spacial score (nSPS) is 13.0. The van der Waals surface area contributed by atoms with E-state index in [4.69, 9.17) is 0 Å². The monoisotopic (exact) mass is 150 g/mol. The molecule has 0 radical (unpaired) electrons. The summed E-state index contributed by atoms with van der Waals surface area (Å²) in [7, 11) is 0. The molecule has 0 nitrogen and oxygen atoms in total. The Hall–Kier alpha value is -0.780. The summed E-state index contributed by atoms with van der Waals surface area (Å²) >= 11 is 0. The molecule has 0 aromatic carbocycles. The fraction of sp³-hybridized carbons (Fsp3) is 0.455. The van der Waals surface area contributed by atoms with Crippen LogP contribution in [-0.2, 0) is 0 Å². The van der Waals surface area contributed by atoms with E-state index in [1.165, 1.54) is 0 Å². The summed E-state index contributed by atoms with van der Waals surface area (Å²) in [6.07, 6.45) is 11.4. The lowest BCUT2D eigenvalue weighted by molar-refractivity contribution is 0.489. The Kier molecular flexibility index (Phi) is 4.60. The molecule has 0 atom stereocenters. The highest BCUT2D eigenvalue weighted by Crippen LogP contribution is 2.21. The van der Waals surface area contributed by atoms with Crippen LogP contribution in [0.1, 0.15) is 27.2 Å². The van der Waals surface area contributed by atoms with Gasteiger partial charge in [0.05, 0.1) is 0 Å². The highest BCUT2D eigenvalue weighted by Gasteiger charge is 2.09. The van der Waals surface area contributed by atoms with Crippen LogP contribution in [0.3, 0.4) is 0 Å². The minimum absolute atomic E-state index is 0.251. The van der Waals surface area contributed by atoms with Crippen LogP contribution in [0.5, 0.6) is 0 Å². The topological polar surface area (TPSA) is 0 Å². The Bertz CT molecular complexity index is 159. The van der Waals surface area contributed by atoms with Crippen molar-refractivity contribution in [3.63, 3.8) is 0 Å². The molecular weight excluding hydrogens is 132 g/mol. The van der Waals surface area contributed by atoms with Gasteiger partial charge in [-0.05, 0) is 18.8 Å². The molecule has 0 aliphatic heterocycles. The summed E-state index contributed by atoms with van der Waals surface area (Å²) < 4.78 is 0. The maximum Gasteiger partial charge on any atom is -0.0137 e. The van der Waals surface area contributed by atoms with Gasteiger partial charge in [0.1, 0.15) is 0 Å². The average Bonchev–Trinajstić information content (AvgIpc) is 1.87. The molecule has 62 valence electrons. The lowest BCUT2D eigenvalue weighted by Crippen LogP contribution is -2.04. The van der Waals surface area contributed by atoms with Crippen molar-refractivity contribution >= 4 is 0 Å². The van der Waals surface area contributed by atoms with E-state index in [1.54, 1.807) is 0 Å². The van der Waals surface area contributed by atoms with E-state index in [-0.39, 0.29) is 5.41 Å². The Morgan fingerprint density at radius 3 is 2.36 bits per heavy atom. The molecule has 0 rings (SSSR count). The molecule has 0 bridgehead atoms. The maximum absolute atomic E-state index is 3.72. The van der Waals surface area contributed by atoms with Crippen molar-refractivity contribution in [1.82, 2.24) is 0 Å². The fourth-order valence-corrected chi connectivity index (χ4v) is 0.867. The molecule has 0 unspecified atom stereocenters. The molecular formula is C11H18. The van der Waals surface area contributed by atoms with Crippen LogP contribution in [0.4, 0.5) is 0 Å². The molecule has 0 N–H and O–H groups in total. The van der Waals surface area contributed by atoms with Crippen molar-refractivity contribution in [3.05, 3.63) is 37.0 Å². The number of rotatable bonds is 4. The molecule has 0 heteroatoms. The minimum Gasteiger partial charge on any atom is -0.103 e. The van der Waals surface area contributed by atoms with Crippen LogP contribution < -0.4 is 0 Å². The maximum atomic E-state index is 3.72. The fourth-order valence-electron chi connectivity index (χ4n) is 0.867. The molecule has 0 fully saturated rings. The smallest absolute Gasteiger partial charge is 0.0137 e. The van der Waals surface area contributed by atoms with Gasteiger partial charge in [-0.15, -0.1) is 6.58 Å². The van der Waals surface area contributed by atoms with E-state index in [0.717, 1.165) is 6.42 Å². The Morgan fingerprint density at radius 1 is 1.27 bits per heavy atom. The summed E-state index contributed by atoms with van der Waals surface area (Å²) in [5.41, 5.74) is 0.251. The second-order valence-electron chi connectivity index (χ2n) is 3.37. The third kappa shape index (κ3) is 5.65. The first-order valence-electron chi connectivity index (χ1n) is 4.04. The van der Waals surface area contributed by atoms with Gasteiger partial charge in [0, 0.05) is 0 Å². The molecule has 0 saturated carbocycles. The Balaban J connectivity index is 3.98. The quantitative estimate of drug-likeness (QED) is 0.423. The molecule has 0 saturated heterocycles. The summed E-state index contributed by atoms with van der Waals surface area (Å²) in [6.45, 7) is 10.1. The molecule has 0 amide bonds. The first-order valence-corrected chi connectivity index (χ1v) is 4.04. The van der Waals surface area contributed by atoms with Crippen molar-refractivity contribution in [1.29, 1.82) is 0 Å². The van der Waals surface area contributed by atoms with E-state index in [9.17, 15) is 0 Å². The standard InChI is InChI=1S/C11H18/c1-5-7-8-10-11(3,4)9-6-2/h5-8,10H,2,9H2,1,3-4H3/b7-5+,10-8+. The molecule has 0 aromatic heterocycles. The largest absolute Gasteiger partial charge is 0.103 e. The first kappa shape index (κ1) is 10.2. The van der Waals surface area contributed by atoms with Crippen LogP contribution in [-0.4, -0.2) is 0 Å². The lowest BCUT2D eigenvalue weighted by atomic mass is 9.89.